The first-order valence-electron chi connectivity index (χ1n) is 22.2. The van der Waals surface area contributed by atoms with Gasteiger partial charge >= 0.3 is 0 Å². The minimum absolute atomic E-state index is 0.778. The van der Waals surface area contributed by atoms with E-state index in [9.17, 15) is 0 Å². The van der Waals surface area contributed by atoms with E-state index in [0.29, 0.717) is 0 Å². The summed E-state index contributed by atoms with van der Waals surface area (Å²) in [6, 6.07) is 0. The van der Waals surface area contributed by atoms with Crippen molar-refractivity contribution in [3.63, 3.8) is 0 Å². The summed E-state index contributed by atoms with van der Waals surface area (Å²) < 4.78 is 0. The maximum absolute atomic E-state index is 3.80. The first-order chi connectivity index (χ1) is 25.6. The number of hydrogen-bond acceptors (Lipinski definition) is 1. The maximum atomic E-state index is 3.80. The molecule has 0 spiro atoms. The predicted octanol–water partition coefficient (Wildman–Crippen LogP) is 20.8. The van der Waals surface area contributed by atoms with Gasteiger partial charge in [0.1, 0.15) is 0 Å². The van der Waals surface area contributed by atoms with Crippen LogP contribution in [0.5, 0.6) is 0 Å². The third-order valence-corrected chi connectivity index (χ3v) is 7.27. The Kier molecular flexibility index (Phi) is 167. The minimum Gasteiger partial charge on any atom is -0.175 e. The molecule has 0 radical (unpaired) electrons. The van der Waals surface area contributed by atoms with Gasteiger partial charge in [-0.25, -0.2) is 0 Å². The highest BCUT2D eigenvalue weighted by atomic mass is 32.1. The van der Waals surface area contributed by atoms with Gasteiger partial charge in [0.2, 0.25) is 0 Å². The van der Waals surface area contributed by atoms with Gasteiger partial charge in [-0.2, -0.15) is 12.6 Å². The summed E-state index contributed by atoms with van der Waals surface area (Å²) in [6.07, 6.45) is 32.3. The number of unbranched alkanes of at least 4 members (excludes halogenated alkanes) is 4. The maximum Gasteiger partial charge on any atom is 0.00799 e. The lowest BCUT2D eigenvalue weighted by Gasteiger charge is -2.24. The molecule has 0 atom stereocenters. The lowest BCUT2D eigenvalue weighted by molar-refractivity contribution is 0.298. The molecule has 0 aliphatic heterocycles. The van der Waals surface area contributed by atoms with E-state index in [-0.39, 0.29) is 0 Å². The molecule has 0 aromatic heterocycles. The SMILES string of the molecule is C=C.C=C.C=CCC.C=CCC(C)C.C=CCCC1CCC1.C=CCCCCC.C=CCS.CC.CC.CC.CCC(C)C.CCCCC(CC)CC. The molecule has 1 heteroatoms. The highest BCUT2D eigenvalue weighted by Crippen LogP contribution is 2.30. The number of allylic oxidation sites excluding steroid dienone is 4. The van der Waals surface area contributed by atoms with Crippen LogP contribution in [-0.2, 0) is 0 Å². The Labute approximate surface area is 350 Å². The largest absolute Gasteiger partial charge is 0.175 e. The molecule has 0 bridgehead atoms. The van der Waals surface area contributed by atoms with Gasteiger partial charge in [-0.15, -0.1) is 59.2 Å². The molecule has 1 rings (SSSR count). The van der Waals surface area contributed by atoms with E-state index < -0.39 is 0 Å². The fourth-order valence-corrected chi connectivity index (χ4v) is 3.20. The number of rotatable bonds is 17. The predicted molar refractivity (Wildman–Crippen MR) is 271 cm³/mol. The highest BCUT2D eigenvalue weighted by Gasteiger charge is 2.15. The highest BCUT2D eigenvalue weighted by molar-refractivity contribution is 7.80. The van der Waals surface area contributed by atoms with Crippen LogP contribution in [0.2, 0.25) is 0 Å². The zero-order chi connectivity index (χ0) is 44.6. The fourth-order valence-electron chi connectivity index (χ4n) is 3.20. The van der Waals surface area contributed by atoms with Gasteiger partial charge in [-0.1, -0.05) is 212 Å². The molecular weight excluding hydrogens is 657 g/mol. The quantitative estimate of drug-likeness (QED) is 0.0850. The van der Waals surface area contributed by atoms with E-state index in [1.807, 2.05) is 65.8 Å². The Morgan fingerprint density at radius 1 is 0.547 bits per heavy atom. The van der Waals surface area contributed by atoms with Crippen LogP contribution >= 0.6 is 12.6 Å². The van der Waals surface area contributed by atoms with Crippen LogP contribution < -0.4 is 0 Å². The van der Waals surface area contributed by atoms with E-state index in [1.165, 1.54) is 96.3 Å². The Morgan fingerprint density at radius 3 is 1.09 bits per heavy atom. The summed E-state index contributed by atoms with van der Waals surface area (Å²) in [5.41, 5.74) is 0. The third-order valence-electron chi connectivity index (χ3n) is 7.01. The topological polar surface area (TPSA) is 0 Å². The first-order valence-corrected chi connectivity index (χ1v) is 22.8. The van der Waals surface area contributed by atoms with Crippen LogP contribution in [0.3, 0.4) is 0 Å². The first kappa shape index (κ1) is 80.1. The molecule has 0 aromatic rings. The van der Waals surface area contributed by atoms with Gasteiger partial charge in [0, 0.05) is 5.75 Å². The molecule has 0 unspecified atom stereocenters. The molecule has 0 heterocycles. The lowest BCUT2D eigenvalue weighted by Crippen LogP contribution is -2.09. The van der Waals surface area contributed by atoms with Gasteiger partial charge in [0.15, 0.2) is 0 Å². The second-order valence-electron chi connectivity index (χ2n) is 12.2. The molecule has 1 aliphatic rings. The molecule has 0 amide bonds. The molecule has 53 heavy (non-hydrogen) atoms. The van der Waals surface area contributed by atoms with Gasteiger partial charge < -0.3 is 0 Å². The summed E-state index contributed by atoms with van der Waals surface area (Å²) >= 11 is 3.80. The van der Waals surface area contributed by atoms with E-state index in [0.717, 1.165) is 42.3 Å². The van der Waals surface area contributed by atoms with Gasteiger partial charge in [0.05, 0.1) is 0 Å². The van der Waals surface area contributed by atoms with Gasteiger partial charge in [-0.05, 0) is 62.2 Å². The zero-order valence-corrected chi connectivity index (χ0v) is 41.6. The molecule has 1 saturated carbocycles. The van der Waals surface area contributed by atoms with Crippen molar-refractivity contribution in [2.45, 2.75) is 220 Å². The van der Waals surface area contributed by atoms with Crippen molar-refractivity contribution in [3.05, 3.63) is 89.6 Å². The minimum atomic E-state index is 0.778. The Balaban J connectivity index is -0.0000000420. The fraction of sp³-hybridized carbons (Fsp3) is 0.731. The number of hydrogen-bond donors (Lipinski definition) is 1. The van der Waals surface area contributed by atoms with E-state index in [1.54, 1.807) is 6.08 Å². The summed E-state index contributed by atoms with van der Waals surface area (Å²) in [5.74, 6) is 4.51. The van der Waals surface area contributed by atoms with E-state index in [2.05, 4.69) is 141 Å². The molecule has 0 nitrogen and oxygen atoms in total. The number of thiol groups is 1. The van der Waals surface area contributed by atoms with Crippen LogP contribution in [0.4, 0.5) is 0 Å². The van der Waals surface area contributed by atoms with Crippen LogP contribution in [0, 0.1) is 23.7 Å². The summed E-state index contributed by atoms with van der Waals surface area (Å²) in [6.45, 7) is 63.9. The van der Waals surface area contributed by atoms with Crippen molar-refractivity contribution in [3.8, 4) is 0 Å². The van der Waals surface area contributed by atoms with Crippen molar-refractivity contribution in [1.29, 1.82) is 0 Å². The molecule has 326 valence electrons. The zero-order valence-electron chi connectivity index (χ0n) is 40.7. The summed E-state index contributed by atoms with van der Waals surface area (Å²) in [7, 11) is 0. The van der Waals surface area contributed by atoms with E-state index in [4.69, 9.17) is 0 Å². The van der Waals surface area contributed by atoms with Gasteiger partial charge in [0.25, 0.3) is 0 Å². The van der Waals surface area contributed by atoms with Crippen molar-refractivity contribution < 1.29 is 0 Å². The molecule has 0 N–H and O–H groups in total. The smallest absolute Gasteiger partial charge is 0.00799 e. The Morgan fingerprint density at radius 2 is 0.925 bits per heavy atom. The molecular formula is C52H112S. The summed E-state index contributed by atoms with van der Waals surface area (Å²) in [4.78, 5) is 0. The van der Waals surface area contributed by atoms with Crippen LogP contribution in [0.15, 0.2) is 89.6 Å². The normalized spacial score (nSPS) is 9.36. The Hall–Kier alpha value is -1.47. The molecule has 0 saturated heterocycles. The monoisotopic (exact) mass is 769 g/mol. The third kappa shape index (κ3) is 157. The standard InChI is InChI=1S/C9H20.C8H14.C7H14.C6H12.C5H12.C4H8.C3H6S.3C2H6.2C2H4/c1-4-7-8-9(5-2)6-3;1-2-3-5-8-6-4-7-8;1-3-5-7-6-4-2;1-4-5-6(2)3;1-4-5(2)3;1-3-4-2;1-2-3-4;5*1-2/h9H,4-8H2,1-3H3;2,8H,1,3-7H2;3H,1,4-7H2,2H3;4,6H,1,5H2,2-3H3;5H,4H2,1-3H3;3H,1,4H2,2H3;2,4H,1,3H2;3*1-2H3;2*1-2H2. The van der Waals surface area contributed by atoms with Crippen LogP contribution in [0.25, 0.3) is 0 Å². The molecule has 1 fully saturated rings. The van der Waals surface area contributed by atoms with Crippen LogP contribution in [-0.4, -0.2) is 5.75 Å². The van der Waals surface area contributed by atoms with Crippen molar-refractivity contribution in [2.75, 3.05) is 5.75 Å². The molecule has 1 aliphatic carbocycles. The van der Waals surface area contributed by atoms with Crippen molar-refractivity contribution in [2.24, 2.45) is 23.7 Å². The second-order valence-corrected chi connectivity index (χ2v) is 12.5. The Bertz CT molecular complexity index is 497. The van der Waals surface area contributed by atoms with Crippen LogP contribution in [0.1, 0.15) is 220 Å². The average molecular weight is 770 g/mol. The van der Waals surface area contributed by atoms with Crippen molar-refractivity contribution in [1.82, 2.24) is 0 Å². The average Bonchev–Trinajstić information content (AvgIpc) is 3.20. The van der Waals surface area contributed by atoms with Crippen molar-refractivity contribution >= 4 is 12.6 Å². The molecule has 0 aromatic carbocycles. The van der Waals surface area contributed by atoms with Gasteiger partial charge in [-0.3, -0.25) is 0 Å². The van der Waals surface area contributed by atoms with E-state index >= 15 is 0 Å². The summed E-state index contributed by atoms with van der Waals surface area (Å²) in [5, 5.41) is 0. The second kappa shape index (κ2) is 110. The lowest BCUT2D eigenvalue weighted by atomic mass is 9.82.